The second-order valence-electron chi connectivity index (χ2n) is 8.91. The molecule has 4 aromatic rings. The molecular weight excluding hydrogens is 534 g/mol. The summed E-state index contributed by atoms with van der Waals surface area (Å²) in [5, 5.41) is 10.3. The van der Waals surface area contributed by atoms with Crippen molar-refractivity contribution in [1.29, 1.82) is 0 Å². The van der Waals surface area contributed by atoms with Gasteiger partial charge in [0, 0.05) is 22.8 Å². The Kier molecular flexibility index (Phi) is 10.3. The van der Waals surface area contributed by atoms with Gasteiger partial charge in [0.15, 0.2) is 5.16 Å². The molecule has 0 bridgehead atoms. The highest BCUT2D eigenvalue weighted by Gasteiger charge is 2.26. The first kappa shape index (κ1) is 28.5. The van der Waals surface area contributed by atoms with Gasteiger partial charge >= 0.3 is 5.97 Å². The molecule has 0 fully saturated rings. The van der Waals surface area contributed by atoms with Gasteiger partial charge in [0.25, 0.3) is 0 Å². The summed E-state index contributed by atoms with van der Waals surface area (Å²) in [6.45, 7) is 2.80. The van der Waals surface area contributed by atoms with Crippen LogP contribution >= 0.6 is 23.4 Å². The fourth-order valence-electron chi connectivity index (χ4n) is 4.00. The average molecular weight is 566 g/mol. The van der Waals surface area contributed by atoms with Gasteiger partial charge in [-0.05, 0) is 47.9 Å². The van der Waals surface area contributed by atoms with E-state index in [1.807, 2.05) is 42.5 Å². The number of carbonyl (C=O) groups excluding carboxylic acids is 1. The van der Waals surface area contributed by atoms with Crippen molar-refractivity contribution in [3.05, 3.63) is 100 Å². The molecule has 0 aliphatic heterocycles. The zero-order chi connectivity index (χ0) is 27.6. The molecule has 0 radical (unpaired) electrons. The summed E-state index contributed by atoms with van der Waals surface area (Å²) in [6.07, 6.45) is 2.03. The molecule has 1 unspecified atom stereocenters. The first-order chi connectivity index (χ1) is 19.0. The number of hydrogen-bond donors (Lipinski definition) is 0. The van der Waals surface area contributed by atoms with Gasteiger partial charge in [0.05, 0.1) is 20.8 Å². The summed E-state index contributed by atoms with van der Waals surface area (Å²) in [4.78, 5) is 12.5. The van der Waals surface area contributed by atoms with Crippen LogP contribution < -0.4 is 9.47 Å². The third kappa shape index (κ3) is 7.55. The smallest absolute Gasteiger partial charge is 0.351 e. The molecule has 0 aliphatic carbocycles. The number of thioether (sulfide) groups is 1. The summed E-state index contributed by atoms with van der Waals surface area (Å²) in [7, 11) is 3.00. The van der Waals surface area contributed by atoms with Gasteiger partial charge in [-0.25, -0.2) is 4.79 Å². The van der Waals surface area contributed by atoms with E-state index in [-0.39, 0.29) is 0 Å². The van der Waals surface area contributed by atoms with Gasteiger partial charge in [-0.15, -0.1) is 10.2 Å². The standard InChI is InChI=1S/C30H32ClN3O4S/c1-4-5-10-27-32-33-30(39-20-22-13-15-23(36-2)16-14-22)34(27)19-21-11-17-24(18-12-21)38-28(29(35)37-3)25-8-6-7-9-26(25)31/h6-9,11-18,28H,4-5,10,19-20H2,1-3H3. The van der Waals surface area contributed by atoms with Gasteiger partial charge < -0.3 is 18.8 Å². The van der Waals surface area contributed by atoms with Crippen LogP contribution in [0.15, 0.2) is 78.0 Å². The van der Waals surface area contributed by atoms with Crippen molar-refractivity contribution in [2.75, 3.05) is 14.2 Å². The van der Waals surface area contributed by atoms with Crippen LogP contribution in [-0.2, 0) is 28.2 Å². The lowest BCUT2D eigenvalue weighted by Gasteiger charge is -2.18. The van der Waals surface area contributed by atoms with Crippen molar-refractivity contribution in [2.24, 2.45) is 0 Å². The van der Waals surface area contributed by atoms with E-state index in [4.69, 9.17) is 25.8 Å². The van der Waals surface area contributed by atoms with E-state index < -0.39 is 12.1 Å². The molecule has 7 nitrogen and oxygen atoms in total. The van der Waals surface area contributed by atoms with E-state index in [1.165, 1.54) is 12.7 Å². The van der Waals surface area contributed by atoms with E-state index >= 15 is 0 Å². The molecular formula is C30H32ClN3O4S. The molecule has 0 saturated heterocycles. The van der Waals surface area contributed by atoms with Crippen LogP contribution in [0.25, 0.3) is 0 Å². The number of carbonyl (C=O) groups is 1. The molecule has 4 rings (SSSR count). The molecule has 3 aromatic carbocycles. The van der Waals surface area contributed by atoms with Crippen molar-refractivity contribution >= 4 is 29.3 Å². The minimum Gasteiger partial charge on any atom is -0.497 e. The molecule has 204 valence electrons. The number of benzene rings is 3. The predicted molar refractivity (Wildman–Crippen MR) is 154 cm³/mol. The zero-order valence-corrected chi connectivity index (χ0v) is 23.9. The van der Waals surface area contributed by atoms with Crippen LogP contribution in [0.5, 0.6) is 11.5 Å². The molecule has 1 atom stereocenters. The Hall–Kier alpha value is -3.49. The highest BCUT2D eigenvalue weighted by Crippen LogP contribution is 2.29. The maximum Gasteiger partial charge on any atom is 0.351 e. The fraction of sp³-hybridized carbons (Fsp3) is 0.300. The van der Waals surface area contributed by atoms with E-state index in [9.17, 15) is 4.79 Å². The SMILES string of the molecule is CCCCc1nnc(SCc2ccc(OC)cc2)n1Cc1ccc(OC(C(=O)OC)c2ccccc2Cl)cc1. The third-order valence-electron chi connectivity index (χ3n) is 6.20. The highest BCUT2D eigenvalue weighted by molar-refractivity contribution is 7.98. The second-order valence-corrected chi connectivity index (χ2v) is 10.3. The van der Waals surface area contributed by atoms with Crippen molar-refractivity contribution < 1.29 is 19.0 Å². The monoisotopic (exact) mass is 565 g/mol. The molecule has 9 heteroatoms. The first-order valence-electron chi connectivity index (χ1n) is 12.8. The fourth-order valence-corrected chi connectivity index (χ4v) is 5.15. The quantitative estimate of drug-likeness (QED) is 0.129. The number of hydrogen-bond acceptors (Lipinski definition) is 7. The van der Waals surface area contributed by atoms with E-state index in [2.05, 4.69) is 33.8 Å². The summed E-state index contributed by atoms with van der Waals surface area (Å²) in [5.74, 6) is 2.61. The van der Waals surface area contributed by atoms with Gasteiger partial charge in [-0.1, -0.05) is 79.2 Å². The Morgan fingerprint density at radius 3 is 2.31 bits per heavy atom. The Balaban J connectivity index is 1.50. The van der Waals surface area contributed by atoms with Crippen LogP contribution in [0.4, 0.5) is 0 Å². The summed E-state index contributed by atoms with van der Waals surface area (Å²) >= 11 is 7.99. The highest BCUT2D eigenvalue weighted by atomic mass is 35.5. The molecule has 1 aromatic heterocycles. The molecule has 0 N–H and O–H groups in total. The second kappa shape index (κ2) is 14.1. The lowest BCUT2D eigenvalue weighted by Crippen LogP contribution is -2.20. The number of rotatable bonds is 13. The van der Waals surface area contributed by atoms with Crippen molar-refractivity contribution in [2.45, 2.75) is 49.7 Å². The van der Waals surface area contributed by atoms with E-state index in [0.29, 0.717) is 22.9 Å². The number of ether oxygens (including phenoxy) is 3. The number of aryl methyl sites for hydroxylation is 1. The van der Waals surface area contributed by atoms with Gasteiger partial charge in [-0.3, -0.25) is 0 Å². The topological polar surface area (TPSA) is 75.5 Å². The van der Waals surface area contributed by atoms with Gasteiger partial charge in [-0.2, -0.15) is 0 Å². The zero-order valence-electron chi connectivity index (χ0n) is 22.3. The maximum atomic E-state index is 12.5. The largest absolute Gasteiger partial charge is 0.497 e. The Bertz CT molecular complexity index is 1360. The molecule has 0 aliphatic rings. The Morgan fingerprint density at radius 1 is 0.949 bits per heavy atom. The number of aromatic nitrogens is 3. The van der Waals surface area contributed by atoms with Crippen molar-refractivity contribution in [1.82, 2.24) is 14.8 Å². The Labute approximate surface area is 238 Å². The number of halogens is 1. The lowest BCUT2D eigenvalue weighted by molar-refractivity contribution is -0.149. The van der Waals surface area contributed by atoms with Crippen LogP contribution in [0.1, 0.15) is 48.4 Å². The van der Waals surface area contributed by atoms with Crippen molar-refractivity contribution in [3.63, 3.8) is 0 Å². The summed E-state index contributed by atoms with van der Waals surface area (Å²) < 4.78 is 18.4. The number of esters is 1. The maximum absolute atomic E-state index is 12.5. The van der Waals surface area contributed by atoms with Crippen molar-refractivity contribution in [3.8, 4) is 11.5 Å². The molecule has 0 saturated carbocycles. The van der Waals surface area contributed by atoms with Crippen LogP contribution in [0, 0.1) is 0 Å². The summed E-state index contributed by atoms with van der Waals surface area (Å²) in [5.41, 5.74) is 2.81. The Morgan fingerprint density at radius 2 is 1.64 bits per heavy atom. The number of nitrogens with zero attached hydrogens (tertiary/aromatic N) is 3. The molecule has 0 spiro atoms. The first-order valence-corrected chi connectivity index (χ1v) is 14.1. The molecule has 1 heterocycles. The van der Waals surface area contributed by atoms with Gasteiger partial charge in [0.1, 0.15) is 17.3 Å². The minimum atomic E-state index is -0.964. The predicted octanol–water partition coefficient (Wildman–Crippen LogP) is 6.92. The lowest BCUT2D eigenvalue weighted by atomic mass is 10.1. The number of methoxy groups -OCH3 is 2. The normalized spacial score (nSPS) is 11.7. The van der Waals surface area contributed by atoms with Crippen LogP contribution in [0.3, 0.4) is 0 Å². The van der Waals surface area contributed by atoms with E-state index in [0.717, 1.165) is 47.3 Å². The number of unbranched alkanes of at least 4 members (excludes halogenated alkanes) is 1. The van der Waals surface area contributed by atoms with E-state index in [1.54, 1.807) is 37.1 Å². The summed E-state index contributed by atoms with van der Waals surface area (Å²) in [6, 6.07) is 22.8. The van der Waals surface area contributed by atoms with Crippen LogP contribution in [-0.4, -0.2) is 35.0 Å². The molecule has 0 amide bonds. The molecule has 39 heavy (non-hydrogen) atoms. The minimum absolute atomic E-state index is 0.441. The third-order valence-corrected chi connectivity index (χ3v) is 7.58. The average Bonchev–Trinajstić information content (AvgIpc) is 3.35. The van der Waals surface area contributed by atoms with Gasteiger partial charge in [0.2, 0.25) is 6.10 Å². The van der Waals surface area contributed by atoms with Crippen LogP contribution in [0.2, 0.25) is 5.02 Å².